The second-order valence-electron chi connectivity index (χ2n) is 9.05. The molecule has 1 aliphatic rings. The largest absolute Gasteiger partial charge is 0.497 e. The summed E-state index contributed by atoms with van der Waals surface area (Å²) in [7, 11) is 0.295. The van der Waals surface area contributed by atoms with Crippen LogP contribution in [0.3, 0.4) is 0 Å². The number of anilines is 2. The van der Waals surface area contributed by atoms with Crippen LogP contribution in [-0.2, 0) is 14.8 Å². The summed E-state index contributed by atoms with van der Waals surface area (Å²) in [4.78, 5) is 17.3. The Bertz CT molecular complexity index is 1420. The Labute approximate surface area is 234 Å². The number of carbonyl (C=O) groups excluding carboxylic acids is 1. The molecule has 0 spiro atoms. The maximum Gasteiger partial charge on any atom is 0.268 e. The van der Waals surface area contributed by atoms with Gasteiger partial charge in [-0.05, 0) is 67.1 Å². The quantitative estimate of drug-likeness (QED) is 0.379. The number of nitrogens with zero attached hydrogens (tertiary/aromatic N) is 3. The average molecular weight is 574 g/mol. The van der Waals surface area contributed by atoms with Crippen molar-refractivity contribution < 1.29 is 27.4 Å². The number of methoxy groups -OCH3 is 3. The molecule has 9 nitrogen and oxygen atoms in total. The molecule has 1 heterocycles. The van der Waals surface area contributed by atoms with Crippen molar-refractivity contribution in [2.75, 3.05) is 63.3 Å². The van der Waals surface area contributed by atoms with Gasteiger partial charge >= 0.3 is 0 Å². The molecule has 1 aliphatic heterocycles. The van der Waals surface area contributed by atoms with Crippen molar-refractivity contribution in [2.45, 2.75) is 11.8 Å². The zero-order valence-electron chi connectivity index (χ0n) is 22.4. The highest BCUT2D eigenvalue weighted by Gasteiger charge is 2.33. The van der Waals surface area contributed by atoms with Gasteiger partial charge in [0.15, 0.2) is 0 Å². The Morgan fingerprint density at radius 3 is 2.10 bits per heavy atom. The van der Waals surface area contributed by atoms with Crippen molar-refractivity contribution >= 4 is 38.9 Å². The molecule has 1 fully saturated rings. The lowest BCUT2D eigenvalue weighted by molar-refractivity contribution is -0.129. The van der Waals surface area contributed by atoms with Gasteiger partial charge < -0.3 is 24.0 Å². The predicted octanol–water partition coefficient (Wildman–Crippen LogP) is 4.22. The predicted molar refractivity (Wildman–Crippen MR) is 152 cm³/mol. The number of rotatable bonds is 9. The minimum Gasteiger partial charge on any atom is -0.497 e. The number of amides is 1. The molecule has 0 unspecified atom stereocenters. The van der Waals surface area contributed by atoms with E-state index in [1.807, 2.05) is 24.3 Å². The number of ether oxygens (including phenoxy) is 3. The third kappa shape index (κ3) is 6.17. The van der Waals surface area contributed by atoms with Crippen molar-refractivity contribution in [3.05, 3.63) is 71.2 Å². The summed E-state index contributed by atoms with van der Waals surface area (Å²) in [5, 5.41) is 0.229. The molecule has 0 radical (unpaired) electrons. The summed E-state index contributed by atoms with van der Waals surface area (Å²) < 4.78 is 44.9. The highest BCUT2D eigenvalue weighted by molar-refractivity contribution is 7.93. The van der Waals surface area contributed by atoms with E-state index >= 15 is 0 Å². The van der Waals surface area contributed by atoms with Gasteiger partial charge in [-0.2, -0.15) is 0 Å². The van der Waals surface area contributed by atoms with E-state index in [1.54, 1.807) is 43.2 Å². The summed E-state index contributed by atoms with van der Waals surface area (Å²) in [6.45, 7) is 3.53. The molecule has 39 heavy (non-hydrogen) atoms. The third-order valence-electron chi connectivity index (χ3n) is 6.66. The van der Waals surface area contributed by atoms with Gasteiger partial charge in [0.2, 0.25) is 5.91 Å². The molecule has 3 aromatic rings. The summed E-state index contributed by atoms with van der Waals surface area (Å²) >= 11 is 6.35. The fourth-order valence-electron chi connectivity index (χ4n) is 4.46. The molecule has 1 amide bonds. The van der Waals surface area contributed by atoms with Crippen LogP contribution in [0.15, 0.2) is 65.6 Å². The molecule has 0 aliphatic carbocycles. The molecule has 0 saturated carbocycles. The molecule has 11 heteroatoms. The van der Waals surface area contributed by atoms with Gasteiger partial charge in [0.1, 0.15) is 28.7 Å². The molecule has 4 rings (SSSR count). The number of sulfonamides is 1. The summed E-state index contributed by atoms with van der Waals surface area (Å²) in [5.74, 6) is 1.04. The van der Waals surface area contributed by atoms with Gasteiger partial charge in [0.05, 0.1) is 32.0 Å². The van der Waals surface area contributed by atoms with E-state index in [1.165, 1.54) is 26.4 Å². The second kappa shape index (κ2) is 12.0. The van der Waals surface area contributed by atoms with Crippen LogP contribution in [0.4, 0.5) is 11.4 Å². The summed E-state index contributed by atoms with van der Waals surface area (Å²) in [6.07, 6.45) is 0. The fourth-order valence-corrected chi connectivity index (χ4v) is 6.36. The lowest BCUT2D eigenvalue weighted by Crippen LogP contribution is -2.52. The van der Waals surface area contributed by atoms with Gasteiger partial charge in [-0.15, -0.1) is 0 Å². The zero-order valence-corrected chi connectivity index (χ0v) is 24.0. The van der Waals surface area contributed by atoms with Crippen LogP contribution in [0, 0.1) is 6.92 Å². The zero-order chi connectivity index (χ0) is 28.2. The van der Waals surface area contributed by atoms with E-state index in [0.717, 1.165) is 21.3 Å². The van der Waals surface area contributed by atoms with Crippen molar-refractivity contribution in [3.63, 3.8) is 0 Å². The highest BCUT2D eigenvalue weighted by Crippen LogP contribution is 2.35. The third-order valence-corrected chi connectivity index (χ3v) is 8.75. The van der Waals surface area contributed by atoms with Crippen molar-refractivity contribution in [3.8, 4) is 17.2 Å². The topological polar surface area (TPSA) is 88.6 Å². The van der Waals surface area contributed by atoms with Crippen molar-refractivity contribution in [2.24, 2.45) is 0 Å². The van der Waals surface area contributed by atoms with E-state index in [4.69, 9.17) is 25.8 Å². The molecule has 208 valence electrons. The first-order valence-electron chi connectivity index (χ1n) is 12.4. The summed E-state index contributed by atoms with van der Waals surface area (Å²) in [6, 6.07) is 17.3. The van der Waals surface area contributed by atoms with Crippen LogP contribution in [0.25, 0.3) is 0 Å². The number of hydrogen-bond acceptors (Lipinski definition) is 7. The van der Waals surface area contributed by atoms with Crippen LogP contribution in [0.5, 0.6) is 17.2 Å². The van der Waals surface area contributed by atoms with E-state index in [0.29, 0.717) is 31.9 Å². The molecule has 0 N–H and O–H groups in total. The minimum atomic E-state index is -4.21. The number of halogens is 1. The normalized spacial score (nSPS) is 13.7. The first-order valence-corrected chi connectivity index (χ1v) is 14.2. The van der Waals surface area contributed by atoms with Gasteiger partial charge in [0, 0.05) is 31.9 Å². The highest BCUT2D eigenvalue weighted by atomic mass is 35.5. The first kappa shape index (κ1) is 28.4. The average Bonchev–Trinajstić information content (AvgIpc) is 2.95. The Morgan fingerprint density at radius 2 is 1.51 bits per heavy atom. The van der Waals surface area contributed by atoms with E-state index in [9.17, 15) is 13.2 Å². The smallest absolute Gasteiger partial charge is 0.268 e. The monoisotopic (exact) mass is 573 g/mol. The lowest BCUT2D eigenvalue weighted by Gasteiger charge is -2.37. The lowest BCUT2D eigenvalue weighted by atomic mass is 10.2. The minimum absolute atomic E-state index is 0.0333. The Morgan fingerprint density at radius 1 is 0.872 bits per heavy atom. The van der Waals surface area contributed by atoms with Crippen LogP contribution >= 0.6 is 11.6 Å². The molecule has 3 aromatic carbocycles. The Hall–Kier alpha value is -3.63. The Kier molecular flexibility index (Phi) is 8.76. The molecule has 0 aromatic heterocycles. The van der Waals surface area contributed by atoms with Gasteiger partial charge in [0.25, 0.3) is 10.0 Å². The van der Waals surface area contributed by atoms with E-state index in [2.05, 4.69) is 4.90 Å². The molecular formula is C28H32ClN3O6S. The van der Waals surface area contributed by atoms with Crippen LogP contribution in [0.2, 0.25) is 5.02 Å². The SMILES string of the molecule is COc1ccc(N2CCN(C(=O)CN(c3ccc(OC)c(Cl)c3)S(=O)(=O)c3cc(C)ccc3OC)CC2)cc1. The van der Waals surface area contributed by atoms with Gasteiger partial charge in [-0.25, -0.2) is 8.42 Å². The molecule has 1 saturated heterocycles. The second-order valence-corrected chi connectivity index (χ2v) is 11.3. The molecular weight excluding hydrogens is 542 g/mol. The maximum atomic E-state index is 14.0. The van der Waals surface area contributed by atoms with Crippen LogP contribution in [-0.4, -0.2) is 73.3 Å². The molecule has 0 atom stereocenters. The number of aryl methyl sites for hydroxylation is 1. The number of hydrogen-bond donors (Lipinski definition) is 0. The summed E-state index contributed by atoms with van der Waals surface area (Å²) in [5.41, 5.74) is 2.02. The van der Waals surface area contributed by atoms with Crippen LogP contribution < -0.4 is 23.4 Å². The number of benzene rings is 3. The Balaban J connectivity index is 1.60. The number of carbonyl (C=O) groups is 1. The van der Waals surface area contributed by atoms with Gasteiger partial charge in [-0.1, -0.05) is 17.7 Å². The van der Waals surface area contributed by atoms with Crippen molar-refractivity contribution in [1.82, 2.24) is 4.90 Å². The van der Waals surface area contributed by atoms with E-state index in [-0.39, 0.29) is 27.3 Å². The standard InChI is InChI=1S/C28H32ClN3O6S/c1-20-5-11-26(38-4)27(17-20)39(34,35)32(22-8-12-25(37-3)24(29)18-22)19-28(33)31-15-13-30(14-16-31)21-6-9-23(36-2)10-7-21/h5-12,17-18H,13-16,19H2,1-4H3. The molecule has 0 bridgehead atoms. The number of piperazine rings is 1. The van der Waals surface area contributed by atoms with Crippen LogP contribution in [0.1, 0.15) is 5.56 Å². The van der Waals surface area contributed by atoms with Crippen molar-refractivity contribution in [1.29, 1.82) is 0 Å². The van der Waals surface area contributed by atoms with Gasteiger partial charge in [-0.3, -0.25) is 9.10 Å². The van der Waals surface area contributed by atoms with E-state index < -0.39 is 16.6 Å². The first-order chi connectivity index (χ1) is 18.7. The fraction of sp³-hybridized carbons (Fsp3) is 0.321. The maximum absolute atomic E-state index is 14.0.